The molecular weight excluding hydrogens is 282 g/mol. The highest BCUT2D eigenvalue weighted by Crippen LogP contribution is 2.36. The molecule has 0 saturated heterocycles. The number of nitrogens with zero attached hydrogens (tertiary/aromatic N) is 1. The molecule has 0 spiro atoms. The fourth-order valence-corrected chi connectivity index (χ4v) is 3.65. The van der Waals surface area contributed by atoms with Crippen LogP contribution in [0.25, 0.3) is 0 Å². The normalized spacial score (nSPS) is 19.4. The lowest BCUT2D eigenvalue weighted by atomic mass is 10.4. The van der Waals surface area contributed by atoms with Crippen molar-refractivity contribution >= 4 is 16.0 Å². The molecule has 0 aromatic carbocycles. The summed E-state index contributed by atoms with van der Waals surface area (Å²) in [5.41, 5.74) is 0. The van der Waals surface area contributed by atoms with Crippen molar-refractivity contribution in [3.05, 3.63) is 17.9 Å². The number of carboxylic acids is 1. The van der Waals surface area contributed by atoms with E-state index in [1.165, 1.54) is 16.4 Å². The number of carbonyl (C=O) groups is 1. The van der Waals surface area contributed by atoms with Crippen LogP contribution < -0.4 is 0 Å². The average molecular weight is 299 g/mol. The first kappa shape index (κ1) is 13.6. The Balaban J connectivity index is 1.82. The van der Waals surface area contributed by atoms with Crippen molar-refractivity contribution < 1.29 is 22.7 Å². The summed E-state index contributed by atoms with van der Waals surface area (Å²) in [6.45, 7) is 1.03. The van der Waals surface area contributed by atoms with E-state index in [2.05, 4.69) is 0 Å². The highest BCUT2D eigenvalue weighted by Gasteiger charge is 2.37. The van der Waals surface area contributed by atoms with E-state index in [1.807, 2.05) is 0 Å². The van der Waals surface area contributed by atoms with Crippen LogP contribution in [0.2, 0.25) is 0 Å². The molecule has 3 rings (SSSR count). The van der Waals surface area contributed by atoms with Gasteiger partial charge in [0.1, 0.15) is 0 Å². The maximum absolute atomic E-state index is 12.5. The van der Waals surface area contributed by atoms with Gasteiger partial charge in [-0.1, -0.05) is 0 Å². The lowest BCUT2D eigenvalue weighted by Gasteiger charge is -2.20. The third-order valence-corrected chi connectivity index (χ3v) is 5.41. The molecule has 1 aromatic heterocycles. The third-order valence-electron chi connectivity index (χ3n) is 3.70. The number of sulfonamides is 1. The standard InChI is InChI=1S/C13H17NO5S/c15-13(16)11-5-6-12(19-11)20(17,18)14(7-9-1-2-9)8-10-3-4-10/h5-6,9-10H,1-4,7-8H2,(H,15,16). The Hall–Kier alpha value is -1.34. The van der Waals surface area contributed by atoms with Crippen LogP contribution in [-0.4, -0.2) is 36.9 Å². The van der Waals surface area contributed by atoms with Crippen LogP contribution in [0.5, 0.6) is 0 Å². The molecule has 0 aliphatic heterocycles. The van der Waals surface area contributed by atoms with Crippen molar-refractivity contribution in [3.63, 3.8) is 0 Å². The van der Waals surface area contributed by atoms with Gasteiger partial charge in [0.15, 0.2) is 0 Å². The van der Waals surface area contributed by atoms with E-state index in [0.717, 1.165) is 25.7 Å². The number of hydrogen-bond donors (Lipinski definition) is 1. The van der Waals surface area contributed by atoms with Crippen molar-refractivity contribution in [3.8, 4) is 0 Å². The molecule has 0 amide bonds. The van der Waals surface area contributed by atoms with Crippen LogP contribution in [0.15, 0.2) is 21.6 Å². The highest BCUT2D eigenvalue weighted by molar-refractivity contribution is 7.89. The second-order valence-corrected chi connectivity index (χ2v) is 7.50. The van der Waals surface area contributed by atoms with E-state index in [-0.39, 0.29) is 10.9 Å². The van der Waals surface area contributed by atoms with E-state index in [0.29, 0.717) is 24.9 Å². The molecule has 7 heteroatoms. The van der Waals surface area contributed by atoms with Gasteiger partial charge in [-0.2, -0.15) is 4.31 Å². The topological polar surface area (TPSA) is 87.8 Å². The average Bonchev–Trinajstić information content (AvgIpc) is 3.30. The Morgan fingerprint density at radius 1 is 1.20 bits per heavy atom. The Bertz CT molecular complexity index is 598. The van der Waals surface area contributed by atoms with Gasteiger partial charge in [0.25, 0.3) is 10.0 Å². The van der Waals surface area contributed by atoms with Crippen LogP contribution in [0.4, 0.5) is 0 Å². The molecule has 2 saturated carbocycles. The third kappa shape index (κ3) is 2.88. The molecule has 0 bridgehead atoms. The second kappa shape index (κ2) is 4.89. The smallest absolute Gasteiger partial charge is 0.371 e. The van der Waals surface area contributed by atoms with E-state index < -0.39 is 16.0 Å². The molecule has 0 atom stereocenters. The fraction of sp³-hybridized carbons (Fsp3) is 0.615. The van der Waals surface area contributed by atoms with Crippen LogP contribution in [0, 0.1) is 11.8 Å². The number of hydrogen-bond acceptors (Lipinski definition) is 4. The second-order valence-electron chi connectivity index (χ2n) is 5.63. The zero-order chi connectivity index (χ0) is 14.3. The summed E-state index contributed by atoms with van der Waals surface area (Å²) in [6.07, 6.45) is 4.26. The maximum atomic E-state index is 12.5. The zero-order valence-corrected chi connectivity index (χ0v) is 11.8. The molecule has 1 heterocycles. The van der Waals surface area contributed by atoms with Gasteiger partial charge in [0.05, 0.1) is 0 Å². The zero-order valence-electron chi connectivity index (χ0n) is 11.0. The number of rotatable bonds is 7. The lowest BCUT2D eigenvalue weighted by Crippen LogP contribution is -2.34. The Kier molecular flexibility index (Phi) is 3.33. The summed E-state index contributed by atoms with van der Waals surface area (Å²) in [7, 11) is -3.72. The number of furan rings is 1. The predicted molar refractivity (Wildman–Crippen MR) is 69.9 cm³/mol. The molecule has 0 unspecified atom stereocenters. The minimum atomic E-state index is -3.72. The molecule has 1 N–H and O–H groups in total. The Morgan fingerprint density at radius 3 is 2.15 bits per heavy atom. The first-order chi connectivity index (χ1) is 9.46. The van der Waals surface area contributed by atoms with Gasteiger partial charge in [0.2, 0.25) is 10.9 Å². The summed E-state index contributed by atoms with van der Waals surface area (Å²) in [5.74, 6) is -0.724. The molecule has 1 aromatic rings. The molecule has 6 nitrogen and oxygen atoms in total. The van der Waals surface area contributed by atoms with Crippen molar-refractivity contribution in [2.75, 3.05) is 13.1 Å². The van der Waals surface area contributed by atoms with Gasteiger partial charge in [-0.05, 0) is 49.7 Å². The maximum Gasteiger partial charge on any atom is 0.371 e. The van der Waals surface area contributed by atoms with Crippen LogP contribution in [-0.2, 0) is 10.0 Å². The fourth-order valence-electron chi connectivity index (χ4n) is 2.15. The van der Waals surface area contributed by atoms with Crippen LogP contribution in [0.1, 0.15) is 36.2 Å². The van der Waals surface area contributed by atoms with E-state index in [1.54, 1.807) is 0 Å². The Labute approximate surface area is 117 Å². The van der Waals surface area contributed by atoms with Gasteiger partial charge >= 0.3 is 5.97 Å². The van der Waals surface area contributed by atoms with Crippen molar-refractivity contribution in [1.29, 1.82) is 0 Å². The first-order valence-corrected chi connectivity index (χ1v) is 8.24. The molecule has 0 radical (unpaired) electrons. The number of aromatic carboxylic acids is 1. The van der Waals surface area contributed by atoms with E-state index in [4.69, 9.17) is 9.52 Å². The Morgan fingerprint density at radius 2 is 1.75 bits per heavy atom. The summed E-state index contributed by atoms with van der Waals surface area (Å²) in [4.78, 5) is 10.8. The molecule has 20 heavy (non-hydrogen) atoms. The molecule has 2 fully saturated rings. The SMILES string of the molecule is O=C(O)c1ccc(S(=O)(=O)N(CC2CC2)CC2CC2)o1. The number of carboxylic acid groups (broad SMARTS) is 1. The van der Waals surface area contributed by atoms with E-state index >= 15 is 0 Å². The van der Waals surface area contributed by atoms with Crippen molar-refractivity contribution in [2.24, 2.45) is 11.8 Å². The summed E-state index contributed by atoms with van der Waals surface area (Å²) >= 11 is 0. The van der Waals surface area contributed by atoms with Crippen molar-refractivity contribution in [2.45, 2.75) is 30.8 Å². The van der Waals surface area contributed by atoms with E-state index in [9.17, 15) is 13.2 Å². The highest BCUT2D eigenvalue weighted by atomic mass is 32.2. The monoisotopic (exact) mass is 299 g/mol. The largest absolute Gasteiger partial charge is 0.475 e. The van der Waals surface area contributed by atoms with Gasteiger partial charge in [-0.3, -0.25) is 0 Å². The quantitative estimate of drug-likeness (QED) is 0.829. The van der Waals surface area contributed by atoms with Crippen LogP contribution in [0.3, 0.4) is 0 Å². The van der Waals surface area contributed by atoms with Gasteiger partial charge < -0.3 is 9.52 Å². The molecule has 2 aliphatic carbocycles. The van der Waals surface area contributed by atoms with Crippen LogP contribution >= 0.6 is 0 Å². The lowest BCUT2D eigenvalue weighted by molar-refractivity contribution is 0.0656. The molecule has 110 valence electrons. The predicted octanol–water partition coefficient (Wildman–Crippen LogP) is 1.79. The minimum absolute atomic E-state index is 0.267. The van der Waals surface area contributed by atoms with Gasteiger partial charge in [0, 0.05) is 13.1 Å². The van der Waals surface area contributed by atoms with Gasteiger partial charge in [-0.15, -0.1) is 0 Å². The minimum Gasteiger partial charge on any atom is -0.475 e. The molecular formula is C13H17NO5S. The summed E-state index contributed by atoms with van der Waals surface area (Å²) in [6, 6.07) is 2.41. The summed E-state index contributed by atoms with van der Waals surface area (Å²) < 4.78 is 31.5. The van der Waals surface area contributed by atoms with Gasteiger partial charge in [-0.25, -0.2) is 13.2 Å². The molecule has 2 aliphatic rings. The first-order valence-electron chi connectivity index (χ1n) is 6.80. The van der Waals surface area contributed by atoms with Crippen molar-refractivity contribution in [1.82, 2.24) is 4.31 Å². The summed E-state index contributed by atoms with van der Waals surface area (Å²) in [5, 5.41) is 8.54.